The molecule has 1 aromatic carbocycles. The summed E-state index contributed by atoms with van der Waals surface area (Å²) in [5.74, 6) is -0.880. The number of unbranched alkanes of at least 4 members (excludes halogenated alkanes) is 1. The number of rotatable bonds is 11. The summed E-state index contributed by atoms with van der Waals surface area (Å²) in [6.45, 7) is 6.30. The molecule has 0 radical (unpaired) electrons. The third-order valence-corrected chi connectivity index (χ3v) is 3.16. The van der Waals surface area contributed by atoms with Gasteiger partial charge in [-0.1, -0.05) is 19.1 Å². The van der Waals surface area contributed by atoms with Crippen LogP contribution in [0.3, 0.4) is 0 Å². The number of benzene rings is 1. The molecule has 0 bridgehead atoms. The Morgan fingerprint density at radius 3 is 2.52 bits per heavy atom. The molecule has 0 spiro atoms. The van der Waals surface area contributed by atoms with Gasteiger partial charge in [-0.15, -0.1) is 0 Å². The van der Waals surface area contributed by atoms with Crippen molar-refractivity contribution >= 4 is 5.97 Å². The lowest BCUT2D eigenvalue weighted by molar-refractivity contribution is -0.00706. The van der Waals surface area contributed by atoms with Gasteiger partial charge in [-0.25, -0.2) is 4.79 Å². The van der Waals surface area contributed by atoms with E-state index in [-0.39, 0.29) is 6.10 Å². The highest BCUT2D eigenvalue weighted by atomic mass is 16.5. The summed E-state index contributed by atoms with van der Waals surface area (Å²) in [5.41, 5.74) is 1.50. The Morgan fingerprint density at radius 2 is 1.90 bits per heavy atom. The standard InChI is InChI=1S/C17H26O4/c1-3-11-21-14(2)13-20-12-5-4-6-15-7-9-16(10-8-15)17(18)19/h7-10,14H,3-6,11-13H2,1-2H3,(H,18,19)/t14-/m0/s1. The van der Waals surface area contributed by atoms with Crippen molar-refractivity contribution in [1.29, 1.82) is 0 Å². The average molecular weight is 294 g/mol. The number of aryl methyl sites for hydroxylation is 1. The van der Waals surface area contributed by atoms with Crippen molar-refractivity contribution in [1.82, 2.24) is 0 Å². The van der Waals surface area contributed by atoms with E-state index >= 15 is 0 Å². The molecular formula is C17H26O4. The van der Waals surface area contributed by atoms with Gasteiger partial charge in [0.15, 0.2) is 0 Å². The third kappa shape index (κ3) is 7.83. The molecule has 0 saturated heterocycles. The molecule has 1 N–H and O–H groups in total. The van der Waals surface area contributed by atoms with Crippen molar-refractivity contribution in [3.8, 4) is 0 Å². The van der Waals surface area contributed by atoms with Crippen LogP contribution in [0.2, 0.25) is 0 Å². The fourth-order valence-corrected chi connectivity index (χ4v) is 1.96. The SMILES string of the molecule is CCCO[C@@H](C)COCCCCc1ccc(C(=O)O)cc1. The molecule has 21 heavy (non-hydrogen) atoms. The second kappa shape index (κ2) is 10.4. The summed E-state index contributed by atoms with van der Waals surface area (Å²) in [5, 5.41) is 8.82. The molecular weight excluding hydrogens is 268 g/mol. The minimum atomic E-state index is -0.880. The Hall–Kier alpha value is -1.39. The Kier molecular flexibility index (Phi) is 8.71. The molecule has 0 aliphatic heterocycles. The number of carbonyl (C=O) groups is 1. The zero-order valence-electron chi connectivity index (χ0n) is 13.0. The fraction of sp³-hybridized carbons (Fsp3) is 0.588. The Bertz CT molecular complexity index is 400. The maximum Gasteiger partial charge on any atom is 0.335 e. The van der Waals surface area contributed by atoms with Crippen LogP contribution in [0.4, 0.5) is 0 Å². The molecule has 1 aromatic rings. The second-order valence-electron chi connectivity index (χ2n) is 5.22. The number of ether oxygens (including phenoxy) is 2. The predicted octanol–water partition coefficient (Wildman–Crippen LogP) is 3.54. The Balaban J connectivity index is 2.07. The normalized spacial score (nSPS) is 12.3. The van der Waals surface area contributed by atoms with Gasteiger partial charge in [-0.05, 0) is 50.3 Å². The largest absolute Gasteiger partial charge is 0.478 e. The highest BCUT2D eigenvalue weighted by Crippen LogP contribution is 2.08. The maximum absolute atomic E-state index is 10.7. The topological polar surface area (TPSA) is 55.8 Å². The van der Waals surface area contributed by atoms with Crippen molar-refractivity contribution in [3.63, 3.8) is 0 Å². The quantitative estimate of drug-likeness (QED) is 0.634. The second-order valence-corrected chi connectivity index (χ2v) is 5.22. The smallest absolute Gasteiger partial charge is 0.335 e. The van der Waals surface area contributed by atoms with Crippen LogP contribution in [0, 0.1) is 0 Å². The molecule has 0 aliphatic rings. The molecule has 0 heterocycles. The summed E-state index contributed by atoms with van der Waals surface area (Å²) < 4.78 is 11.1. The average Bonchev–Trinajstić information content (AvgIpc) is 2.49. The summed E-state index contributed by atoms with van der Waals surface area (Å²) in [4.78, 5) is 10.7. The summed E-state index contributed by atoms with van der Waals surface area (Å²) in [7, 11) is 0. The van der Waals surface area contributed by atoms with E-state index in [0.717, 1.165) is 38.9 Å². The molecule has 4 heteroatoms. The van der Waals surface area contributed by atoms with Gasteiger partial charge in [0, 0.05) is 13.2 Å². The molecule has 0 saturated carbocycles. The van der Waals surface area contributed by atoms with Crippen molar-refractivity contribution in [2.75, 3.05) is 19.8 Å². The molecule has 0 aromatic heterocycles. The number of carboxylic acids is 1. The lowest BCUT2D eigenvalue weighted by Gasteiger charge is -2.12. The first-order valence-corrected chi connectivity index (χ1v) is 7.65. The number of hydrogen-bond acceptors (Lipinski definition) is 3. The first-order valence-electron chi connectivity index (χ1n) is 7.65. The van der Waals surface area contributed by atoms with E-state index in [4.69, 9.17) is 14.6 Å². The summed E-state index contributed by atoms with van der Waals surface area (Å²) >= 11 is 0. The third-order valence-electron chi connectivity index (χ3n) is 3.16. The number of hydrogen-bond donors (Lipinski definition) is 1. The predicted molar refractivity (Wildman–Crippen MR) is 82.9 cm³/mol. The Morgan fingerprint density at radius 1 is 1.19 bits per heavy atom. The van der Waals surface area contributed by atoms with Crippen LogP contribution in [-0.4, -0.2) is 37.0 Å². The highest BCUT2D eigenvalue weighted by molar-refractivity contribution is 5.87. The van der Waals surface area contributed by atoms with Gasteiger partial charge >= 0.3 is 5.97 Å². The summed E-state index contributed by atoms with van der Waals surface area (Å²) in [6.07, 6.45) is 4.18. The van der Waals surface area contributed by atoms with E-state index in [1.807, 2.05) is 19.1 Å². The van der Waals surface area contributed by atoms with E-state index in [0.29, 0.717) is 12.2 Å². The van der Waals surface area contributed by atoms with E-state index in [1.165, 1.54) is 5.56 Å². The van der Waals surface area contributed by atoms with Crippen LogP contribution in [0.5, 0.6) is 0 Å². The monoisotopic (exact) mass is 294 g/mol. The molecule has 4 nitrogen and oxygen atoms in total. The van der Waals surface area contributed by atoms with Crippen molar-refractivity contribution < 1.29 is 19.4 Å². The zero-order valence-corrected chi connectivity index (χ0v) is 13.0. The number of aromatic carboxylic acids is 1. The Labute approximate surface area is 127 Å². The molecule has 0 unspecified atom stereocenters. The lowest BCUT2D eigenvalue weighted by atomic mass is 10.1. The minimum absolute atomic E-state index is 0.161. The van der Waals surface area contributed by atoms with Gasteiger partial charge in [0.25, 0.3) is 0 Å². The van der Waals surface area contributed by atoms with Gasteiger partial charge < -0.3 is 14.6 Å². The van der Waals surface area contributed by atoms with Gasteiger partial charge in [-0.2, -0.15) is 0 Å². The van der Waals surface area contributed by atoms with E-state index in [1.54, 1.807) is 12.1 Å². The van der Waals surface area contributed by atoms with Gasteiger partial charge in [0.05, 0.1) is 18.3 Å². The first-order chi connectivity index (χ1) is 10.1. The first kappa shape index (κ1) is 17.7. The highest BCUT2D eigenvalue weighted by Gasteiger charge is 2.03. The zero-order chi connectivity index (χ0) is 15.5. The van der Waals surface area contributed by atoms with Crippen LogP contribution in [0.25, 0.3) is 0 Å². The van der Waals surface area contributed by atoms with Crippen LogP contribution in [-0.2, 0) is 15.9 Å². The van der Waals surface area contributed by atoms with Crippen LogP contribution >= 0.6 is 0 Å². The van der Waals surface area contributed by atoms with Crippen molar-refractivity contribution in [2.45, 2.75) is 45.6 Å². The van der Waals surface area contributed by atoms with Gasteiger partial charge in [0.2, 0.25) is 0 Å². The van der Waals surface area contributed by atoms with Crippen LogP contribution in [0.1, 0.15) is 49.0 Å². The van der Waals surface area contributed by atoms with Gasteiger partial charge in [-0.3, -0.25) is 0 Å². The van der Waals surface area contributed by atoms with Crippen LogP contribution in [0.15, 0.2) is 24.3 Å². The lowest BCUT2D eigenvalue weighted by Crippen LogP contribution is -2.16. The molecule has 1 atom stereocenters. The molecule has 0 fully saturated rings. The molecule has 1 rings (SSSR count). The number of carboxylic acid groups (broad SMARTS) is 1. The van der Waals surface area contributed by atoms with Crippen LogP contribution < -0.4 is 0 Å². The fourth-order valence-electron chi connectivity index (χ4n) is 1.96. The molecule has 0 amide bonds. The molecule has 118 valence electrons. The van der Waals surface area contributed by atoms with E-state index < -0.39 is 5.97 Å². The van der Waals surface area contributed by atoms with Crippen molar-refractivity contribution in [2.24, 2.45) is 0 Å². The maximum atomic E-state index is 10.7. The molecule has 0 aliphatic carbocycles. The van der Waals surface area contributed by atoms with E-state index in [2.05, 4.69) is 6.92 Å². The summed E-state index contributed by atoms with van der Waals surface area (Å²) in [6, 6.07) is 7.07. The van der Waals surface area contributed by atoms with Gasteiger partial charge in [0.1, 0.15) is 0 Å². The van der Waals surface area contributed by atoms with E-state index in [9.17, 15) is 4.79 Å². The minimum Gasteiger partial charge on any atom is -0.478 e. The van der Waals surface area contributed by atoms with Crippen molar-refractivity contribution in [3.05, 3.63) is 35.4 Å².